The zero-order chi connectivity index (χ0) is 19.9. The van der Waals surface area contributed by atoms with Crippen LogP contribution in [0.15, 0.2) is 48.1 Å². The molecule has 1 aliphatic carbocycles. The Labute approximate surface area is 167 Å². The maximum absolute atomic E-state index is 6.02. The van der Waals surface area contributed by atoms with Crippen molar-refractivity contribution >= 4 is 0 Å². The molecule has 0 bridgehead atoms. The summed E-state index contributed by atoms with van der Waals surface area (Å²) in [4.78, 5) is 2.45. The van der Waals surface area contributed by atoms with Gasteiger partial charge in [0, 0.05) is 13.1 Å². The fourth-order valence-corrected chi connectivity index (χ4v) is 4.11. The molecule has 0 amide bonds. The Balaban J connectivity index is 1.83. The summed E-state index contributed by atoms with van der Waals surface area (Å²) in [6, 6.07) is 8.72. The van der Waals surface area contributed by atoms with Gasteiger partial charge >= 0.3 is 0 Å². The highest BCUT2D eigenvalue weighted by Crippen LogP contribution is 2.36. The topological polar surface area (TPSA) is 12.5 Å². The molecule has 0 spiro atoms. The van der Waals surface area contributed by atoms with Crippen LogP contribution < -0.4 is 4.74 Å². The number of nitrogens with zero attached hydrogens (tertiary/aromatic N) is 1. The number of allylic oxidation sites excluding steroid dienone is 2. The minimum atomic E-state index is 0.178. The Kier molecular flexibility index (Phi) is 7.73. The Morgan fingerprint density at radius 3 is 2.26 bits per heavy atom. The van der Waals surface area contributed by atoms with Gasteiger partial charge in [0.25, 0.3) is 0 Å². The summed E-state index contributed by atoms with van der Waals surface area (Å²) in [7, 11) is 0. The average Bonchev–Trinajstić information content (AvgIpc) is 2.60. The first-order valence-electron chi connectivity index (χ1n) is 10.5. The minimum absolute atomic E-state index is 0.178. The first-order chi connectivity index (χ1) is 12.7. The molecule has 2 heteroatoms. The van der Waals surface area contributed by atoms with E-state index < -0.39 is 0 Å². The van der Waals surface area contributed by atoms with Crippen molar-refractivity contribution in [3.8, 4) is 5.75 Å². The minimum Gasteiger partial charge on any atom is -0.492 e. The van der Waals surface area contributed by atoms with Gasteiger partial charge in [-0.1, -0.05) is 71.9 Å². The standard InChI is InChI=1S/C25H39NO/c1-7-26(19-21-11-9-8-10-12-21)17-18-27-23-15-13-22(14-16-23)25(5,6)20-24(2,3)4/h9,11-16H,7-8,10,17-20H2,1-6H3. The maximum Gasteiger partial charge on any atom is 0.119 e. The van der Waals surface area contributed by atoms with E-state index in [1.807, 2.05) is 0 Å². The van der Waals surface area contributed by atoms with E-state index in [-0.39, 0.29) is 5.41 Å². The molecular formula is C25H39NO. The second-order valence-corrected chi connectivity index (χ2v) is 9.62. The van der Waals surface area contributed by atoms with Crippen LogP contribution in [0.4, 0.5) is 0 Å². The summed E-state index contributed by atoms with van der Waals surface area (Å²) < 4.78 is 6.02. The SMILES string of the molecule is CCN(CCOc1ccc(C(C)(C)CC(C)(C)C)cc1)CC1=CCCC=C1. The van der Waals surface area contributed by atoms with Gasteiger partial charge in [0.2, 0.25) is 0 Å². The Morgan fingerprint density at radius 2 is 1.70 bits per heavy atom. The lowest BCUT2D eigenvalue weighted by molar-refractivity contribution is 0.227. The summed E-state index contributed by atoms with van der Waals surface area (Å²) in [6.45, 7) is 17.6. The van der Waals surface area contributed by atoms with E-state index in [4.69, 9.17) is 4.74 Å². The summed E-state index contributed by atoms with van der Waals surface area (Å²) in [5.41, 5.74) is 3.33. The lowest BCUT2D eigenvalue weighted by Crippen LogP contribution is -2.30. The number of rotatable bonds is 9. The van der Waals surface area contributed by atoms with Crippen LogP contribution in [0.5, 0.6) is 5.75 Å². The van der Waals surface area contributed by atoms with Gasteiger partial charge in [0.15, 0.2) is 0 Å². The summed E-state index contributed by atoms with van der Waals surface area (Å²) in [5, 5.41) is 0. The first-order valence-corrected chi connectivity index (χ1v) is 10.5. The molecule has 0 saturated heterocycles. The van der Waals surface area contributed by atoms with Crippen molar-refractivity contribution in [1.82, 2.24) is 4.90 Å². The summed E-state index contributed by atoms with van der Waals surface area (Å²) in [6.07, 6.45) is 10.4. The van der Waals surface area contributed by atoms with Gasteiger partial charge in [-0.15, -0.1) is 0 Å². The molecule has 27 heavy (non-hydrogen) atoms. The number of hydrogen-bond donors (Lipinski definition) is 0. The maximum atomic E-state index is 6.02. The van der Waals surface area contributed by atoms with Gasteiger partial charge in [-0.05, 0) is 59.9 Å². The molecule has 0 saturated carbocycles. The molecule has 2 rings (SSSR count). The van der Waals surface area contributed by atoms with Crippen molar-refractivity contribution in [3.63, 3.8) is 0 Å². The average molecular weight is 370 g/mol. The number of benzene rings is 1. The van der Waals surface area contributed by atoms with Crippen LogP contribution in [0.1, 0.15) is 66.4 Å². The molecule has 1 aliphatic rings. The van der Waals surface area contributed by atoms with E-state index in [9.17, 15) is 0 Å². The fraction of sp³-hybridized carbons (Fsp3) is 0.600. The van der Waals surface area contributed by atoms with E-state index in [1.54, 1.807) is 0 Å². The molecule has 0 aromatic heterocycles. The zero-order valence-electron chi connectivity index (χ0n) is 18.3. The van der Waals surface area contributed by atoms with Crippen molar-refractivity contribution in [2.45, 2.75) is 66.2 Å². The van der Waals surface area contributed by atoms with Crippen LogP contribution in [0, 0.1) is 5.41 Å². The third-order valence-corrected chi connectivity index (χ3v) is 5.21. The van der Waals surface area contributed by atoms with Gasteiger partial charge in [0.1, 0.15) is 12.4 Å². The van der Waals surface area contributed by atoms with Crippen LogP contribution >= 0.6 is 0 Å². The molecule has 0 fully saturated rings. The lowest BCUT2D eigenvalue weighted by atomic mass is 9.72. The highest BCUT2D eigenvalue weighted by atomic mass is 16.5. The van der Waals surface area contributed by atoms with Crippen molar-refractivity contribution in [3.05, 3.63) is 53.6 Å². The molecular weight excluding hydrogens is 330 g/mol. The Bertz CT molecular complexity index is 631. The Morgan fingerprint density at radius 1 is 1.00 bits per heavy atom. The Hall–Kier alpha value is -1.54. The normalized spacial score (nSPS) is 15.1. The molecule has 0 radical (unpaired) electrons. The van der Waals surface area contributed by atoms with Gasteiger partial charge < -0.3 is 4.74 Å². The second-order valence-electron chi connectivity index (χ2n) is 9.62. The van der Waals surface area contributed by atoms with Crippen molar-refractivity contribution in [2.75, 3.05) is 26.2 Å². The van der Waals surface area contributed by atoms with Crippen LogP contribution in [-0.4, -0.2) is 31.1 Å². The molecule has 0 heterocycles. The highest BCUT2D eigenvalue weighted by Gasteiger charge is 2.27. The summed E-state index contributed by atoms with van der Waals surface area (Å²) in [5.74, 6) is 0.970. The molecule has 1 aromatic carbocycles. The van der Waals surface area contributed by atoms with E-state index >= 15 is 0 Å². The molecule has 0 aliphatic heterocycles. The van der Waals surface area contributed by atoms with E-state index in [0.717, 1.165) is 38.4 Å². The molecule has 2 nitrogen and oxygen atoms in total. The van der Waals surface area contributed by atoms with Gasteiger partial charge in [-0.2, -0.15) is 0 Å². The van der Waals surface area contributed by atoms with Crippen molar-refractivity contribution in [2.24, 2.45) is 5.41 Å². The molecule has 0 atom stereocenters. The van der Waals surface area contributed by atoms with Crippen molar-refractivity contribution < 1.29 is 4.74 Å². The molecule has 1 aromatic rings. The second kappa shape index (κ2) is 9.59. The lowest BCUT2D eigenvalue weighted by Gasteiger charge is -2.33. The van der Waals surface area contributed by atoms with Crippen molar-refractivity contribution in [1.29, 1.82) is 0 Å². The number of likely N-dealkylation sites (N-methyl/N-ethyl adjacent to an activating group) is 1. The first kappa shape index (κ1) is 21.8. The van der Waals surface area contributed by atoms with Gasteiger partial charge in [-0.3, -0.25) is 4.90 Å². The van der Waals surface area contributed by atoms with Crippen LogP contribution in [-0.2, 0) is 5.41 Å². The monoisotopic (exact) mass is 369 g/mol. The number of hydrogen-bond acceptors (Lipinski definition) is 2. The smallest absolute Gasteiger partial charge is 0.119 e. The quantitative estimate of drug-likeness (QED) is 0.501. The van der Waals surface area contributed by atoms with E-state index in [2.05, 4.69) is 88.9 Å². The van der Waals surface area contributed by atoms with Crippen LogP contribution in [0.25, 0.3) is 0 Å². The van der Waals surface area contributed by atoms with E-state index in [0.29, 0.717) is 5.41 Å². The van der Waals surface area contributed by atoms with E-state index in [1.165, 1.54) is 24.0 Å². The van der Waals surface area contributed by atoms with Gasteiger partial charge in [-0.25, -0.2) is 0 Å². The van der Waals surface area contributed by atoms with Crippen LogP contribution in [0.2, 0.25) is 0 Å². The number of ether oxygens (including phenoxy) is 1. The largest absolute Gasteiger partial charge is 0.492 e. The molecule has 0 unspecified atom stereocenters. The summed E-state index contributed by atoms with van der Waals surface area (Å²) >= 11 is 0. The van der Waals surface area contributed by atoms with Gasteiger partial charge in [0.05, 0.1) is 0 Å². The predicted octanol–water partition coefficient (Wildman–Crippen LogP) is 6.38. The zero-order valence-corrected chi connectivity index (χ0v) is 18.3. The predicted molar refractivity (Wildman–Crippen MR) is 118 cm³/mol. The highest BCUT2D eigenvalue weighted by molar-refractivity contribution is 5.32. The van der Waals surface area contributed by atoms with Crippen LogP contribution in [0.3, 0.4) is 0 Å². The molecule has 150 valence electrons. The third kappa shape index (κ3) is 7.54. The fourth-order valence-electron chi connectivity index (χ4n) is 4.11. The molecule has 0 N–H and O–H groups in total. The third-order valence-electron chi connectivity index (χ3n) is 5.21.